The second-order valence-electron chi connectivity index (χ2n) is 5.39. The van der Waals surface area contributed by atoms with Gasteiger partial charge in [0.1, 0.15) is 6.04 Å². The lowest BCUT2D eigenvalue weighted by Crippen LogP contribution is -2.43. The van der Waals surface area contributed by atoms with Crippen molar-refractivity contribution in [1.29, 1.82) is 0 Å². The summed E-state index contributed by atoms with van der Waals surface area (Å²) in [5.41, 5.74) is 0. The van der Waals surface area contributed by atoms with E-state index < -0.39 is 12.6 Å². The van der Waals surface area contributed by atoms with E-state index in [2.05, 4.69) is 0 Å². The van der Waals surface area contributed by atoms with Gasteiger partial charge in [0.05, 0.1) is 0 Å². The number of hydrogen-bond donors (Lipinski definition) is 0. The van der Waals surface area contributed by atoms with E-state index in [-0.39, 0.29) is 30.7 Å². The van der Waals surface area contributed by atoms with Crippen LogP contribution in [0.15, 0.2) is 0 Å². The van der Waals surface area contributed by atoms with Gasteiger partial charge in [0, 0.05) is 32.5 Å². The molecule has 0 spiro atoms. The van der Waals surface area contributed by atoms with E-state index in [1.807, 2.05) is 0 Å². The molecular formula is C13H19F3N2O2. The molecule has 20 heavy (non-hydrogen) atoms. The molecule has 2 fully saturated rings. The van der Waals surface area contributed by atoms with Crippen molar-refractivity contribution in [3.05, 3.63) is 0 Å². The zero-order valence-corrected chi connectivity index (χ0v) is 11.3. The van der Waals surface area contributed by atoms with Crippen molar-refractivity contribution in [3.8, 4) is 0 Å². The SMILES string of the molecule is O=C1C2CCCN2C(=O)CCN1CCCCC(F)(F)F. The topological polar surface area (TPSA) is 40.6 Å². The standard InChI is InChI=1S/C13H19F3N2O2/c14-13(15,16)6-1-2-7-17-9-5-11(19)18-8-3-4-10(18)12(17)20/h10H,1-9H2. The van der Waals surface area contributed by atoms with Crippen molar-refractivity contribution in [1.82, 2.24) is 9.80 Å². The number of carbonyl (C=O) groups is 2. The first-order valence-electron chi connectivity index (χ1n) is 7.03. The van der Waals surface area contributed by atoms with Gasteiger partial charge in [-0.05, 0) is 25.7 Å². The second-order valence-corrected chi connectivity index (χ2v) is 5.39. The third kappa shape index (κ3) is 3.64. The third-order valence-corrected chi connectivity index (χ3v) is 3.90. The highest BCUT2D eigenvalue weighted by atomic mass is 19.4. The molecule has 2 rings (SSSR count). The van der Waals surface area contributed by atoms with E-state index in [4.69, 9.17) is 0 Å². The molecule has 1 atom stereocenters. The Morgan fingerprint density at radius 1 is 1.15 bits per heavy atom. The van der Waals surface area contributed by atoms with Crippen molar-refractivity contribution < 1.29 is 22.8 Å². The fraction of sp³-hybridized carbons (Fsp3) is 0.846. The summed E-state index contributed by atoms with van der Waals surface area (Å²) in [5.74, 6) is -0.112. The van der Waals surface area contributed by atoms with Crippen LogP contribution in [0.3, 0.4) is 0 Å². The first-order valence-corrected chi connectivity index (χ1v) is 7.03. The van der Waals surface area contributed by atoms with Crippen molar-refractivity contribution >= 4 is 11.8 Å². The lowest BCUT2D eigenvalue weighted by molar-refractivity contribution is -0.140. The molecule has 2 saturated heterocycles. The summed E-state index contributed by atoms with van der Waals surface area (Å²) in [6, 6.07) is -0.382. The quantitative estimate of drug-likeness (QED) is 0.743. The van der Waals surface area contributed by atoms with Crippen molar-refractivity contribution in [2.45, 2.75) is 50.7 Å². The monoisotopic (exact) mass is 292 g/mol. The van der Waals surface area contributed by atoms with E-state index in [1.165, 1.54) is 0 Å². The Balaban J connectivity index is 1.85. The van der Waals surface area contributed by atoms with E-state index >= 15 is 0 Å². The lowest BCUT2D eigenvalue weighted by atomic mass is 10.1. The van der Waals surface area contributed by atoms with Gasteiger partial charge >= 0.3 is 6.18 Å². The van der Waals surface area contributed by atoms with Gasteiger partial charge in [-0.1, -0.05) is 0 Å². The Bertz CT molecular complexity index is 384. The highest BCUT2D eigenvalue weighted by Gasteiger charge is 2.39. The van der Waals surface area contributed by atoms with Crippen LogP contribution < -0.4 is 0 Å². The number of nitrogens with zero attached hydrogens (tertiary/aromatic N) is 2. The molecule has 0 aliphatic carbocycles. The fourth-order valence-corrected chi connectivity index (χ4v) is 2.87. The predicted molar refractivity (Wildman–Crippen MR) is 65.8 cm³/mol. The number of unbranched alkanes of at least 4 members (excludes halogenated alkanes) is 1. The van der Waals surface area contributed by atoms with Crippen LogP contribution in [0.25, 0.3) is 0 Å². The highest BCUT2D eigenvalue weighted by molar-refractivity contribution is 5.90. The number of fused-ring (bicyclic) bond motifs is 1. The molecule has 0 radical (unpaired) electrons. The Morgan fingerprint density at radius 2 is 1.90 bits per heavy atom. The van der Waals surface area contributed by atoms with E-state index in [9.17, 15) is 22.8 Å². The molecule has 2 aliphatic rings. The minimum Gasteiger partial charge on any atom is -0.340 e. The highest BCUT2D eigenvalue weighted by Crippen LogP contribution is 2.25. The average Bonchev–Trinajstić information content (AvgIpc) is 2.81. The van der Waals surface area contributed by atoms with Gasteiger partial charge in [-0.2, -0.15) is 13.2 Å². The Morgan fingerprint density at radius 3 is 2.60 bits per heavy atom. The van der Waals surface area contributed by atoms with Gasteiger partial charge in [0.25, 0.3) is 0 Å². The summed E-state index contributed by atoms with van der Waals surface area (Å²) in [6.07, 6.45) is -2.83. The molecule has 2 heterocycles. The van der Waals surface area contributed by atoms with Crippen LogP contribution in [0, 0.1) is 0 Å². The number of carbonyl (C=O) groups excluding carboxylic acids is 2. The molecular weight excluding hydrogens is 273 g/mol. The minimum absolute atomic E-state index is 0.0151. The number of rotatable bonds is 4. The summed E-state index contributed by atoms with van der Waals surface area (Å²) < 4.78 is 36.2. The molecule has 2 amide bonds. The Hall–Kier alpha value is -1.27. The van der Waals surface area contributed by atoms with Gasteiger partial charge in [0.2, 0.25) is 11.8 Å². The van der Waals surface area contributed by atoms with Crippen LogP contribution in [0.4, 0.5) is 13.2 Å². The summed E-state index contributed by atoms with van der Waals surface area (Å²) in [7, 11) is 0. The smallest absolute Gasteiger partial charge is 0.340 e. The summed E-state index contributed by atoms with van der Waals surface area (Å²) in [5, 5.41) is 0. The largest absolute Gasteiger partial charge is 0.389 e. The number of alkyl halides is 3. The van der Waals surface area contributed by atoms with Gasteiger partial charge in [-0.25, -0.2) is 0 Å². The second kappa shape index (κ2) is 6.01. The molecule has 2 aliphatic heterocycles. The molecule has 0 N–H and O–H groups in total. The summed E-state index contributed by atoms with van der Waals surface area (Å²) >= 11 is 0. The lowest BCUT2D eigenvalue weighted by Gasteiger charge is -2.25. The fourth-order valence-electron chi connectivity index (χ4n) is 2.87. The molecule has 114 valence electrons. The normalized spacial score (nSPS) is 24.1. The molecule has 1 unspecified atom stereocenters. The maximum Gasteiger partial charge on any atom is 0.389 e. The van der Waals surface area contributed by atoms with Gasteiger partial charge < -0.3 is 9.80 Å². The third-order valence-electron chi connectivity index (χ3n) is 3.90. The van der Waals surface area contributed by atoms with Crippen LogP contribution in [0.5, 0.6) is 0 Å². The van der Waals surface area contributed by atoms with Crippen LogP contribution in [0.1, 0.15) is 38.5 Å². The number of hydrogen-bond acceptors (Lipinski definition) is 2. The molecule has 0 saturated carbocycles. The van der Waals surface area contributed by atoms with Gasteiger partial charge in [0.15, 0.2) is 0 Å². The van der Waals surface area contributed by atoms with Crippen LogP contribution in [-0.4, -0.2) is 53.5 Å². The van der Waals surface area contributed by atoms with Crippen LogP contribution in [-0.2, 0) is 9.59 Å². The number of amides is 2. The maximum absolute atomic E-state index is 12.3. The summed E-state index contributed by atoms with van der Waals surface area (Å²) in [6.45, 7) is 1.26. The molecule has 0 aromatic carbocycles. The maximum atomic E-state index is 12.3. The molecule has 4 nitrogen and oxygen atoms in total. The first kappa shape index (κ1) is 15.1. The Kier molecular flexibility index (Phi) is 4.55. The minimum atomic E-state index is -4.14. The predicted octanol–water partition coefficient (Wildman–Crippen LogP) is 1.94. The molecule has 0 bridgehead atoms. The van der Waals surface area contributed by atoms with Gasteiger partial charge in [-0.3, -0.25) is 9.59 Å². The number of halogens is 3. The van der Waals surface area contributed by atoms with Gasteiger partial charge in [-0.15, -0.1) is 0 Å². The zero-order chi connectivity index (χ0) is 14.8. The van der Waals surface area contributed by atoms with Crippen LogP contribution in [0.2, 0.25) is 0 Å². The van der Waals surface area contributed by atoms with E-state index in [0.29, 0.717) is 32.5 Å². The van der Waals surface area contributed by atoms with E-state index in [1.54, 1.807) is 9.80 Å². The van der Waals surface area contributed by atoms with E-state index in [0.717, 1.165) is 6.42 Å². The van der Waals surface area contributed by atoms with Crippen molar-refractivity contribution in [3.63, 3.8) is 0 Å². The molecule has 7 heteroatoms. The average molecular weight is 292 g/mol. The van der Waals surface area contributed by atoms with Crippen LogP contribution >= 0.6 is 0 Å². The zero-order valence-electron chi connectivity index (χ0n) is 11.3. The summed E-state index contributed by atoms with van der Waals surface area (Å²) in [4.78, 5) is 27.3. The molecule has 0 aromatic heterocycles. The molecule has 0 aromatic rings. The first-order chi connectivity index (χ1) is 9.38. The van der Waals surface area contributed by atoms with Crippen molar-refractivity contribution in [2.75, 3.05) is 19.6 Å². The van der Waals surface area contributed by atoms with Crippen molar-refractivity contribution in [2.24, 2.45) is 0 Å². The Labute approximate surface area is 115 Å².